The fourth-order valence-electron chi connectivity index (χ4n) is 2.40. The van der Waals surface area contributed by atoms with Crippen LogP contribution in [0.25, 0.3) is 0 Å². The average Bonchev–Trinajstić information content (AvgIpc) is 2.63. The molecule has 0 unspecified atom stereocenters. The van der Waals surface area contributed by atoms with Gasteiger partial charge in [-0.15, -0.1) is 0 Å². The summed E-state index contributed by atoms with van der Waals surface area (Å²) in [5.41, 5.74) is 2.75. The standard InChI is InChI=1S/C21H22ClN3O/c1-15(2)25(14-17-7-5-4-6-8-17)21(26)18(12-23)13-24-19-10-9-16(3)20(22)11-19/h4-11,13,15,24H,14H2,1-3H3/b18-13-. The Bertz CT molecular complexity index is 838. The van der Waals surface area contributed by atoms with Crippen molar-refractivity contribution >= 4 is 23.2 Å². The van der Waals surface area contributed by atoms with Crippen LogP contribution in [0.15, 0.2) is 60.3 Å². The summed E-state index contributed by atoms with van der Waals surface area (Å²) in [4.78, 5) is 14.5. The molecule has 0 heterocycles. The highest BCUT2D eigenvalue weighted by Gasteiger charge is 2.21. The Labute approximate surface area is 159 Å². The second-order valence-corrected chi connectivity index (χ2v) is 6.70. The lowest BCUT2D eigenvalue weighted by atomic mass is 10.1. The van der Waals surface area contributed by atoms with E-state index in [0.717, 1.165) is 16.8 Å². The highest BCUT2D eigenvalue weighted by molar-refractivity contribution is 6.31. The number of nitrogens with one attached hydrogen (secondary N) is 1. The number of carbonyl (C=O) groups excluding carboxylic acids is 1. The molecule has 0 aliphatic rings. The first kappa shape index (κ1) is 19.6. The minimum atomic E-state index is -0.308. The third-order valence-electron chi connectivity index (χ3n) is 3.99. The molecule has 2 aromatic carbocycles. The van der Waals surface area contributed by atoms with Crippen LogP contribution in [0.1, 0.15) is 25.0 Å². The van der Waals surface area contributed by atoms with Crippen LogP contribution in [0.4, 0.5) is 5.69 Å². The number of halogens is 1. The van der Waals surface area contributed by atoms with Crippen LogP contribution in [0.3, 0.4) is 0 Å². The van der Waals surface area contributed by atoms with E-state index in [0.29, 0.717) is 11.6 Å². The Morgan fingerprint density at radius 2 is 1.96 bits per heavy atom. The Kier molecular flexibility index (Phi) is 6.82. The number of benzene rings is 2. The third-order valence-corrected chi connectivity index (χ3v) is 4.39. The topological polar surface area (TPSA) is 56.1 Å². The molecule has 1 N–H and O–H groups in total. The second-order valence-electron chi connectivity index (χ2n) is 6.29. The molecule has 0 aliphatic carbocycles. The minimum Gasteiger partial charge on any atom is -0.360 e. The molecule has 26 heavy (non-hydrogen) atoms. The van der Waals surface area contributed by atoms with Crippen molar-refractivity contribution in [3.63, 3.8) is 0 Å². The van der Waals surface area contributed by atoms with Crippen LogP contribution in [-0.2, 0) is 11.3 Å². The van der Waals surface area contributed by atoms with Crippen LogP contribution < -0.4 is 5.32 Å². The van der Waals surface area contributed by atoms with E-state index in [-0.39, 0.29) is 17.5 Å². The maximum atomic E-state index is 12.8. The summed E-state index contributed by atoms with van der Waals surface area (Å²) >= 11 is 6.11. The highest BCUT2D eigenvalue weighted by Crippen LogP contribution is 2.20. The molecule has 5 heteroatoms. The fraction of sp³-hybridized carbons (Fsp3) is 0.238. The lowest BCUT2D eigenvalue weighted by Gasteiger charge is -2.26. The number of anilines is 1. The second kappa shape index (κ2) is 9.07. The molecule has 0 atom stereocenters. The molecule has 2 rings (SSSR count). The maximum Gasteiger partial charge on any atom is 0.266 e. The third kappa shape index (κ3) is 5.11. The Balaban J connectivity index is 2.18. The summed E-state index contributed by atoms with van der Waals surface area (Å²) in [6, 6.07) is 17.2. The van der Waals surface area contributed by atoms with Crippen LogP contribution in [0.2, 0.25) is 5.02 Å². The molecule has 134 valence electrons. The predicted molar refractivity (Wildman–Crippen MR) is 106 cm³/mol. The molecule has 0 aliphatic heterocycles. The van der Waals surface area contributed by atoms with Gasteiger partial charge in [0.1, 0.15) is 11.6 Å². The van der Waals surface area contributed by atoms with Crippen molar-refractivity contribution in [2.75, 3.05) is 5.32 Å². The molecular weight excluding hydrogens is 346 g/mol. The van der Waals surface area contributed by atoms with E-state index >= 15 is 0 Å². The van der Waals surface area contributed by atoms with E-state index in [1.54, 1.807) is 11.0 Å². The summed E-state index contributed by atoms with van der Waals surface area (Å²) in [6.45, 7) is 6.23. The molecule has 4 nitrogen and oxygen atoms in total. The molecule has 0 fully saturated rings. The molecule has 2 aromatic rings. The number of rotatable bonds is 6. The van der Waals surface area contributed by atoms with Gasteiger partial charge in [0, 0.05) is 29.5 Å². The first-order valence-electron chi connectivity index (χ1n) is 8.40. The zero-order valence-electron chi connectivity index (χ0n) is 15.2. The molecule has 0 saturated heterocycles. The number of nitriles is 1. The van der Waals surface area contributed by atoms with E-state index < -0.39 is 0 Å². The smallest absolute Gasteiger partial charge is 0.266 e. The lowest BCUT2D eigenvalue weighted by Crippen LogP contribution is -2.37. The molecule has 0 spiro atoms. The molecule has 0 saturated carbocycles. The van der Waals surface area contributed by atoms with Gasteiger partial charge in [-0.2, -0.15) is 5.26 Å². The number of hydrogen-bond acceptors (Lipinski definition) is 3. The Hall–Kier alpha value is -2.77. The Morgan fingerprint density at radius 3 is 2.54 bits per heavy atom. The SMILES string of the molecule is Cc1ccc(N/C=C(/C#N)C(=O)N(Cc2ccccc2)C(C)C)cc1Cl. The Morgan fingerprint density at radius 1 is 1.27 bits per heavy atom. The number of carbonyl (C=O) groups is 1. The van der Waals surface area contributed by atoms with E-state index in [2.05, 4.69) is 5.32 Å². The highest BCUT2D eigenvalue weighted by atomic mass is 35.5. The largest absolute Gasteiger partial charge is 0.360 e. The monoisotopic (exact) mass is 367 g/mol. The van der Waals surface area contributed by atoms with Crippen LogP contribution in [0, 0.1) is 18.3 Å². The van der Waals surface area contributed by atoms with Gasteiger partial charge in [-0.25, -0.2) is 0 Å². The lowest BCUT2D eigenvalue weighted by molar-refractivity contribution is -0.129. The van der Waals surface area contributed by atoms with Crippen molar-refractivity contribution in [3.8, 4) is 6.07 Å². The molecule has 1 amide bonds. The van der Waals surface area contributed by atoms with Crippen LogP contribution in [0.5, 0.6) is 0 Å². The summed E-state index contributed by atoms with van der Waals surface area (Å²) in [5, 5.41) is 13.0. The summed E-state index contributed by atoms with van der Waals surface area (Å²) in [7, 11) is 0. The van der Waals surface area contributed by atoms with Crippen LogP contribution in [-0.4, -0.2) is 16.8 Å². The van der Waals surface area contributed by atoms with E-state index in [1.807, 2.05) is 69.3 Å². The van der Waals surface area contributed by atoms with E-state index in [9.17, 15) is 10.1 Å². The summed E-state index contributed by atoms with van der Waals surface area (Å²) < 4.78 is 0. The first-order chi connectivity index (χ1) is 12.4. The molecular formula is C21H22ClN3O. The van der Waals surface area contributed by atoms with Gasteiger partial charge in [-0.3, -0.25) is 4.79 Å². The zero-order chi connectivity index (χ0) is 19.1. The van der Waals surface area contributed by atoms with E-state index in [4.69, 9.17) is 11.6 Å². The molecule has 0 radical (unpaired) electrons. The van der Waals surface area contributed by atoms with Gasteiger partial charge in [0.25, 0.3) is 5.91 Å². The van der Waals surface area contributed by atoms with Crippen molar-refractivity contribution in [1.29, 1.82) is 5.26 Å². The molecule has 0 bridgehead atoms. The van der Waals surface area contributed by atoms with Gasteiger partial charge in [0.15, 0.2) is 0 Å². The number of amides is 1. The predicted octanol–water partition coefficient (Wildman–Crippen LogP) is 4.91. The van der Waals surface area contributed by atoms with Crippen molar-refractivity contribution < 1.29 is 4.79 Å². The zero-order valence-corrected chi connectivity index (χ0v) is 15.9. The average molecular weight is 368 g/mol. The van der Waals surface area contributed by atoms with E-state index in [1.165, 1.54) is 6.20 Å². The molecule has 0 aromatic heterocycles. The number of aryl methyl sites for hydroxylation is 1. The van der Waals surface area contributed by atoms with Gasteiger partial charge in [0.2, 0.25) is 0 Å². The van der Waals surface area contributed by atoms with Gasteiger partial charge in [-0.1, -0.05) is 48.0 Å². The van der Waals surface area contributed by atoms with Crippen molar-refractivity contribution in [2.45, 2.75) is 33.4 Å². The van der Waals surface area contributed by atoms with Gasteiger partial charge >= 0.3 is 0 Å². The van der Waals surface area contributed by atoms with Crippen LogP contribution >= 0.6 is 11.6 Å². The van der Waals surface area contributed by atoms with Gasteiger partial charge in [-0.05, 0) is 44.0 Å². The van der Waals surface area contributed by atoms with Crippen molar-refractivity contribution in [1.82, 2.24) is 4.90 Å². The van der Waals surface area contributed by atoms with Gasteiger partial charge < -0.3 is 10.2 Å². The minimum absolute atomic E-state index is 0.0340. The number of nitrogens with zero attached hydrogens (tertiary/aromatic N) is 2. The van der Waals surface area contributed by atoms with Crippen molar-refractivity contribution in [2.24, 2.45) is 0 Å². The maximum absolute atomic E-state index is 12.8. The van der Waals surface area contributed by atoms with Crippen molar-refractivity contribution in [3.05, 3.63) is 76.5 Å². The fourth-order valence-corrected chi connectivity index (χ4v) is 2.58. The summed E-state index contributed by atoms with van der Waals surface area (Å²) in [6.07, 6.45) is 1.43. The summed E-state index contributed by atoms with van der Waals surface area (Å²) in [5.74, 6) is -0.308. The van der Waals surface area contributed by atoms with Gasteiger partial charge in [0.05, 0.1) is 0 Å². The quantitative estimate of drug-likeness (QED) is 0.583. The first-order valence-corrected chi connectivity index (χ1v) is 8.78. The number of hydrogen-bond donors (Lipinski definition) is 1. The normalized spacial score (nSPS) is 11.2.